The summed E-state index contributed by atoms with van der Waals surface area (Å²) in [5.41, 5.74) is 0.184. The maximum absolute atomic E-state index is 11.8. The number of pyridine rings is 1. The number of nitrogens with zero attached hydrogens (tertiary/aromatic N) is 2. The highest BCUT2D eigenvalue weighted by Gasteiger charge is 2.13. The van der Waals surface area contributed by atoms with Gasteiger partial charge in [-0.15, -0.1) is 0 Å². The first-order chi connectivity index (χ1) is 8.69. The van der Waals surface area contributed by atoms with Crippen LogP contribution < -0.4 is 5.32 Å². The number of ether oxygens (including phenoxy) is 1. The molecule has 2 rings (SSSR count). The van der Waals surface area contributed by atoms with Gasteiger partial charge in [-0.3, -0.25) is 4.79 Å². The second-order valence-corrected chi connectivity index (χ2v) is 4.22. The van der Waals surface area contributed by atoms with Crippen LogP contribution in [0.1, 0.15) is 16.2 Å². The molecule has 18 heavy (non-hydrogen) atoms. The predicted octanol–water partition coefficient (Wildman–Crippen LogP) is 2.23. The SMILES string of the molecule is COCc1cc(C(=O)Nc2cccc(Br)n2)no1. The molecule has 0 saturated heterocycles. The van der Waals surface area contributed by atoms with E-state index in [0.29, 0.717) is 16.2 Å². The number of amides is 1. The highest BCUT2D eigenvalue weighted by atomic mass is 79.9. The van der Waals surface area contributed by atoms with Gasteiger partial charge >= 0.3 is 0 Å². The van der Waals surface area contributed by atoms with Gasteiger partial charge in [0.05, 0.1) is 0 Å². The molecule has 0 fully saturated rings. The lowest BCUT2D eigenvalue weighted by atomic mass is 10.3. The topological polar surface area (TPSA) is 77.2 Å². The summed E-state index contributed by atoms with van der Waals surface area (Å²) in [6, 6.07) is 6.74. The summed E-state index contributed by atoms with van der Waals surface area (Å²) in [4.78, 5) is 15.9. The zero-order chi connectivity index (χ0) is 13.0. The first kappa shape index (κ1) is 12.7. The van der Waals surface area contributed by atoms with Crippen molar-refractivity contribution in [3.63, 3.8) is 0 Å². The minimum absolute atomic E-state index is 0.184. The molecule has 0 atom stereocenters. The van der Waals surface area contributed by atoms with E-state index >= 15 is 0 Å². The van der Waals surface area contributed by atoms with Gasteiger partial charge in [0.15, 0.2) is 11.5 Å². The molecule has 1 amide bonds. The van der Waals surface area contributed by atoms with Crippen LogP contribution >= 0.6 is 15.9 Å². The highest BCUT2D eigenvalue weighted by molar-refractivity contribution is 9.10. The number of methoxy groups -OCH3 is 1. The molecule has 0 bridgehead atoms. The number of carbonyl (C=O) groups excluding carboxylic acids is 1. The van der Waals surface area contributed by atoms with Crippen molar-refractivity contribution < 1.29 is 14.1 Å². The van der Waals surface area contributed by atoms with Crippen molar-refractivity contribution in [2.75, 3.05) is 12.4 Å². The summed E-state index contributed by atoms with van der Waals surface area (Å²) in [6.07, 6.45) is 0. The van der Waals surface area contributed by atoms with E-state index in [2.05, 4.69) is 31.4 Å². The summed E-state index contributed by atoms with van der Waals surface area (Å²) in [7, 11) is 1.54. The molecule has 0 aliphatic carbocycles. The third-order valence-corrected chi connectivity index (χ3v) is 2.48. The van der Waals surface area contributed by atoms with Gasteiger partial charge in [0.2, 0.25) is 0 Å². The lowest BCUT2D eigenvalue weighted by molar-refractivity contribution is 0.101. The van der Waals surface area contributed by atoms with Crippen molar-refractivity contribution in [1.29, 1.82) is 0 Å². The average molecular weight is 312 g/mol. The van der Waals surface area contributed by atoms with Crippen LogP contribution in [0.25, 0.3) is 0 Å². The molecule has 94 valence electrons. The summed E-state index contributed by atoms with van der Waals surface area (Å²) < 4.78 is 10.4. The number of rotatable bonds is 4. The first-order valence-electron chi connectivity index (χ1n) is 5.07. The van der Waals surface area contributed by atoms with Crippen LogP contribution in [0.15, 0.2) is 33.4 Å². The summed E-state index contributed by atoms with van der Waals surface area (Å²) in [5.74, 6) is 0.544. The molecule has 0 aromatic carbocycles. The Morgan fingerprint density at radius 3 is 3.11 bits per heavy atom. The van der Waals surface area contributed by atoms with Crippen LogP contribution in [-0.2, 0) is 11.3 Å². The standard InChI is InChI=1S/C11H10BrN3O3/c1-17-6-7-5-8(15-18-7)11(16)14-10-4-2-3-9(12)13-10/h2-5H,6H2,1H3,(H,13,14,16). The normalized spacial score (nSPS) is 10.3. The largest absolute Gasteiger partial charge is 0.377 e. The van der Waals surface area contributed by atoms with Crippen LogP contribution in [0.4, 0.5) is 5.82 Å². The van der Waals surface area contributed by atoms with Gasteiger partial charge in [-0.2, -0.15) is 0 Å². The molecular formula is C11H10BrN3O3. The predicted molar refractivity (Wildman–Crippen MR) is 67.1 cm³/mol. The summed E-state index contributed by atoms with van der Waals surface area (Å²) >= 11 is 3.22. The Morgan fingerprint density at radius 2 is 2.39 bits per heavy atom. The Hall–Kier alpha value is -1.73. The van der Waals surface area contributed by atoms with E-state index in [4.69, 9.17) is 9.26 Å². The Morgan fingerprint density at radius 1 is 1.56 bits per heavy atom. The zero-order valence-electron chi connectivity index (χ0n) is 9.51. The fourth-order valence-electron chi connectivity index (χ4n) is 1.29. The fourth-order valence-corrected chi connectivity index (χ4v) is 1.63. The molecule has 2 heterocycles. The number of hydrogen-bond donors (Lipinski definition) is 1. The molecule has 2 aromatic heterocycles. The third-order valence-electron chi connectivity index (χ3n) is 2.03. The number of halogens is 1. The molecule has 2 aromatic rings. The van der Waals surface area contributed by atoms with Crippen LogP contribution in [0, 0.1) is 0 Å². The van der Waals surface area contributed by atoms with E-state index in [-0.39, 0.29) is 18.2 Å². The maximum atomic E-state index is 11.8. The third kappa shape index (κ3) is 3.14. The first-order valence-corrected chi connectivity index (χ1v) is 5.87. The van der Waals surface area contributed by atoms with Gasteiger partial charge < -0.3 is 14.6 Å². The average Bonchev–Trinajstić information content (AvgIpc) is 2.78. The van der Waals surface area contributed by atoms with E-state index < -0.39 is 0 Å². The van der Waals surface area contributed by atoms with Crippen molar-refractivity contribution in [3.05, 3.63) is 40.3 Å². The van der Waals surface area contributed by atoms with Crippen molar-refractivity contribution in [2.24, 2.45) is 0 Å². The van der Waals surface area contributed by atoms with Crippen LogP contribution in [-0.4, -0.2) is 23.2 Å². The maximum Gasteiger partial charge on any atom is 0.279 e. The van der Waals surface area contributed by atoms with E-state index in [1.165, 1.54) is 13.2 Å². The van der Waals surface area contributed by atoms with Crippen molar-refractivity contribution in [3.8, 4) is 0 Å². The smallest absolute Gasteiger partial charge is 0.279 e. The molecule has 7 heteroatoms. The van der Waals surface area contributed by atoms with Gasteiger partial charge in [-0.25, -0.2) is 4.98 Å². The Bertz CT molecular complexity index is 556. The number of carbonyl (C=O) groups is 1. The van der Waals surface area contributed by atoms with E-state index in [0.717, 1.165) is 0 Å². The van der Waals surface area contributed by atoms with Gasteiger partial charge in [0.25, 0.3) is 5.91 Å². The Labute approximate surface area is 111 Å². The van der Waals surface area contributed by atoms with Gasteiger partial charge in [-0.1, -0.05) is 11.2 Å². The van der Waals surface area contributed by atoms with Gasteiger partial charge in [0.1, 0.15) is 17.0 Å². The van der Waals surface area contributed by atoms with Crippen molar-refractivity contribution in [1.82, 2.24) is 10.1 Å². The van der Waals surface area contributed by atoms with Crippen molar-refractivity contribution >= 4 is 27.7 Å². The zero-order valence-corrected chi connectivity index (χ0v) is 11.1. The lowest BCUT2D eigenvalue weighted by Crippen LogP contribution is -2.13. The number of anilines is 1. The van der Waals surface area contributed by atoms with Crippen LogP contribution in [0.5, 0.6) is 0 Å². The fraction of sp³-hybridized carbons (Fsp3) is 0.182. The lowest BCUT2D eigenvalue weighted by Gasteiger charge is -2.01. The molecule has 0 radical (unpaired) electrons. The van der Waals surface area contributed by atoms with Crippen LogP contribution in [0.3, 0.4) is 0 Å². The summed E-state index contributed by atoms with van der Waals surface area (Å²) in [5, 5.41) is 6.26. The minimum Gasteiger partial charge on any atom is -0.377 e. The highest BCUT2D eigenvalue weighted by Crippen LogP contribution is 2.12. The Kier molecular flexibility index (Phi) is 4.06. The molecule has 0 aliphatic heterocycles. The molecule has 0 aliphatic rings. The molecule has 1 N–H and O–H groups in total. The minimum atomic E-state index is -0.383. The second kappa shape index (κ2) is 5.74. The van der Waals surface area contributed by atoms with E-state index in [1.54, 1.807) is 18.2 Å². The van der Waals surface area contributed by atoms with E-state index in [1.807, 2.05) is 0 Å². The number of aromatic nitrogens is 2. The van der Waals surface area contributed by atoms with Gasteiger partial charge in [-0.05, 0) is 28.1 Å². The quantitative estimate of drug-likeness (QED) is 0.876. The second-order valence-electron chi connectivity index (χ2n) is 3.41. The molecule has 6 nitrogen and oxygen atoms in total. The van der Waals surface area contributed by atoms with E-state index in [9.17, 15) is 4.79 Å². The Balaban J connectivity index is 2.07. The molecule has 0 saturated carbocycles. The number of hydrogen-bond acceptors (Lipinski definition) is 5. The van der Waals surface area contributed by atoms with Gasteiger partial charge in [0, 0.05) is 13.2 Å². The molecule has 0 unspecified atom stereocenters. The molecular weight excluding hydrogens is 302 g/mol. The summed E-state index contributed by atoms with van der Waals surface area (Å²) in [6.45, 7) is 0.273. The van der Waals surface area contributed by atoms with Crippen LogP contribution in [0.2, 0.25) is 0 Å². The monoisotopic (exact) mass is 311 g/mol. The van der Waals surface area contributed by atoms with Crippen molar-refractivity contribution in [2.45, 2.75) is 6.61 Å². The number of nitrogens with one attached hydrogen (secondary N) is 1. The molecule has 0 spiro atoms.